The van der Waals surface area contributed by atoms with Gasteiger partial charge in [-0.15, -0.1) is 10.2 Å². The van der Waals surface area contributed by atoms with E-state index in [1.54, 1.807) is 23.1 Å². The van der Waals surface area contributed by atoms with E-state index in [4.69, 9.17) is 4.42 Å². The summed E-state index contributed by atoms with van der Waals surface area (Å²) in [5, 5.41) is 12.0. The standard InChI is InChI=1S/C17H17FN6O2/c18-13-6-2-1-5-12(13)16-21-22-17(26-16)14-7-3-4-8-24(14)15(25)9-23-11-19-10-20-23/h1-2,5-6,10-11,14H,3-4,7-9H2. The molecule has 1 fully saturated rings. The third kappa shape index (κ3) is 3.19. The van der Waals surface area contributed by atoms with Crippen LogP contribution in [0.2, 0.25) is 0 Å². The monoisotopic (exact) mass is 356 g/mol. The van der Waals surface area contributed by atoms with Crippen LogP contribution in [0.4, 0.5) is 4.39 Å². The van der Waals surface area contributed by atoms with Crippen LogP contribution >= 0.6 is 0 Å². The molecule has 1 aromatic carbocycles. The van der Waals surface area contributed by atoms with Gasteiger partial charge in [0.15, 0.2) is 0 Å². The highest BCUT2D eigenvalue weighted by Crippen LogP contribution is 2.32. The molecule has 3 aromatic rings. The average molecular weight is 356 g/mol. The average Bonchev–Trinajstić information content (AvgIpc) is 3.34. The largest absolute Gasteiger partial charge is 0.418 e. The molecule has 0 radical (unpaired) electrons. The molecule has 1 atom stereocenters. The first kappa shape index (κ1) is 16.4. The molecule has 0 spiro atoms. The van der Waals surface area contributed by atoms with Crippen LogP contribution in [0.1, 0.15) is 31.2 Å². The van der Waals surface area contributed by atoms with Crippen LogP contribution in [0.25, 0.3) is 11.5 Å². The molecule has 1 unspecified atom stereocenters. The van der Waals surface area contributed by atoms with Crippen molar-refractivity contribution in [2.75, 3.05) is 6.54 Å². The van der Waals surface area contributed by atoms with Gasteiger partial charge in [-0.3, -0.25) is 4.79 Å². The Morgan fingerprint density at radius 2 is 2.15 bits per heavy atom. The van der Waals surface area contributed by atoms with Gasteiger partial charge in [-0.05, 0) is 31.4 Å². The number of piperidine rings is 1. The second kappa shape index (κ2) is 7.03. The number of amides is 1. The van der Waals surface area contributed by atoms with Gasteiger partial charge in [0.05, 0.1) is 5.56 Å². The zero-order chi connectivity index (χ0) is 17.9. The smallest absolute Gasteiger partial charge is 0.250 e. The lowest BCUT2D eigenvalue weighted by atomic mass is 10.0. The summed E-state index contributed by atoms with van der Waals surface area (Å²) in [6.07, 6.45) is 5.48. The van der Waals surface area contributed by atoms with Gasteiger partial charge in [0.1, 0.15) is 31.1 Å². The Hall–Kier alpha value is -3.10. The van der Waals surface area contributed by atoms with Gasteiger partial charge in [-0.1, -0.05) is 12.1 Å². The number of nitrogens with zero attached hydrogens (tertiary/aromatic N) is 6. The lowest BCUT2D eigenvalue weighted by Crippen LogP contribution is -2.40. The van der Waals surface area contributed by atoms with E-state index in [0.29, 0.717) is 12.4 Å². The van der Waals surface area contributed by atoms with Crippen molar-refractivity contribution in [1.29, 1.82) is 0 Å². The summed E-state index contributed by atoms with van der Waals surface area (Å²) in [4.78, 5) is 18.2. The predicted molar refractivity (Wildman–Crippen MR) is 88.0 cm³/mol. The topological polar surface area (TPSA) is 89.9 Å². The SMILES string of the molecule is O=C(Cn1cncn1)N1CCCCC1c1nnc(-c2ccccc2F)o1. The van der Waals surface area contributed by atoms with E-state index in [1.807, 2.05) is 0 Å². The minimum absolute atomic E-state index is 0.0918. The van der Waals surface area contributed by atoms with Crippen molar-refractivity contribution in [1.82, 2.24) is 29.9 Å². The van der Waals surface area contributed by atoms with Crippen LogP contribution in [-0.4, -0.2) is 42.3 Å². The summed E-state index contributed by atoms with van der Waals surface area (Å²) in [6, 6.07) is 5.92. The molecule has 0 bridgehead atoms. The first-order valence-electron chi connectivity index (χ1n) is 8.42. The van der Waals surface area contributed by atoms with E-state index < -0.39 is 5.82 Å². The minimum Gasteiger partial charge on any atom is -0.418 e. The number of rotatable bonds is 4. The molecule has 1 saturated heterocycles. The summed E-state index contributed by atoms with van der Waals surface area (Å²) >= 11 is 0. The molecule has 1 aliphatic heterocycles. The van der Waals surface area contributed by atoms with Crippen molar-refractivity contribution in [2.45, 2.75) is 31.8 Å². The maximum Gasteiger partial charge on any atom is 0.250 e. The molecule has 4 rings (SSSR count). The Labute approximate surface area is 148 Å². The zero-order valence-electron chi connectivity index (χ0n) is 14.0. The minimum atomic E-state index is -0.426. The number of carbonyl (C=O) groups is 1. The van der Waals surface area contributed by atoms with Crippen molar-refractivity contribution in [2.24, 2.45) is 0 Å². The van der Waals surface area contributed by atoms with E-state index in [-0.39, 0.29) is 29.9 Å². The van der Waals surface area contributed by atoms with Crippen molar-refractivity contribution in [3.8, 4) is 11.5 Å². The molecule has 26 heavy (non-hydrogen) atoms. The molecule has 1 amide bonds. The maximum atomic E-state index is 13.9. The number of likely N-dealkylation sites (tertiary alicyclic amines) is 1. The van der Waals surface area contributed by atoms with Crippen LogP contribution in [0.15, 0.2) is 41.3 Å². The summed E-state index contributed by atoms with van der Waals surface area (Å²) in [5.74, 6) is -0.0708. The fraction of sp³-hybridized carbons (Fsp3) is 0.353. The van der Waals surface area contributed by atoms with Gasteiger partial charge in [0.2, 0.25) is 11.8 Å². The van der Waals surface area contributed by atoms with Crippen molar-refractivity contribution in [3.05, 3.63) is 48.6 Å². The highest BCUT2D eigenvalue weighted by molar-refractivity contribution is 5.76. The summed E-state index contributed by atoms with van der Waals surface area (Å²) in [7, 11) is 0. The summed E-state index contributed by atoms with van der Waals surface area (Å²) in [6.45, 7) is 0.709. The van der Waals surface area contributed by atoms with Gasteiger partial charge in [0.25, 0.3) is 5.89 Å². The second-order valence-electron chi connectivity index (χ2n) is 6.12. The van der Waals surface area contributed by atoms with Crippen LogP contribution in [0.3, 0.4) is 0 Å². The van der Waals surface area contributed by atoms with Crippen molar-refractivity contribution < 1.29 is 13.6 Å². The number of aromatic nitrogens is 5. The molecular formula is C17H17FN6O2. The Kier molecular flexibility index (Phi) is 4.42. The van der Waals surface area contributed by atoms with Gasteiger partial charge in [-0.2, -0.15) is 5.10 Å². The fourth-order valence-electron chi connectivity index (χ4n) is 3.14. The van der Waals surface area contributed by atoms with Crippen LogP contribution in [0.5, 0.6) is 0 Å². The Balaban J connectivity index is 1.57. The molecule has 134 valence electrons. The van der Waals surface area contributed by atoms with Gasteiger partial charge >= 0.3 is 0 Å². The van der Waals surface area contributed by atoms with Crippen LogP contribution < -0.4 is 0 Å². The van der Waals surface area contributed by atoms with E-state index in [1.165, 1.54) is 23.4 Å². The summed E-state index contributed by atoms with van der Waals surface area (Å²) in [5.41, 5.74) is 0.252. The van der Waals surface area contributed by atoms with Gasteiger partial charge in [-0.25, -0.2) is 14.1 Å². The summed E-state index contributed by atoms with van der Waals surface area (Å²) < 4.78 is 21.1. The number of hydrogen-bond donors (Lipinski definition) is 0. The van der Waals surface area contributed by atoms with Crippen molar-refractivity contribution in [3.63, 3.8) is 0 Å². The number of benzene rings is 1. The van der Waals surface area contributed by atoms with E-state index >= 15 is 0 Å². The first-order valence-corrected chi connectivity index (χ1v) is 8.42. The van der Waals surface area contributed by atoms with Crippen LogP contribution in [0, 0.1) is 5.82 Å². The molecule has 0 aliphatic carbocycles. The predicted octanol–water partition coefficient (Wildman–Crippen LogP) is 2.22. The molecule has 0 saturated carbocycles. The molecule has 1 aliphatic rings. The van der Waals surface area contributed by atoms with Gasteiger partial charge < -0.3 is 9.32 Å². The fourth-order valence-corrected chi connectivity index (χ4v) is 3.14. The number of halogens is 1. The molecule has 2 aromatic heterocycles. The van der Waals surface area contributed by atoms with E-state index in [9.17, 15) is 9.18 Å². The Bertz CT molecular complexity index is 894. The van der Waals surface area contributed by atoms with Crippen molar-refractivity contribution >= 4 is 5.91 Å². The Morgan fingerprint density at radius 3 is 2.96 bits per heavy atom. The normalized spacial score (nSPS) is 17.4. The maximum absolute atomic E-state index is 13.9. The van der Waals surface area contributed by atoms with Gasteiger partial charge in [0, 0.05) is 6.54 Å². The number of hydrogen-bond acceptors (Lipinski definition) is 6. The molecule has 0 N–H and O–H groups in total. The molecule has 3 heterocycles. The number of carbonyl (C=O) groups excluding carboxylic acids is 1. The highest BCUT2D eigenvalue weighted by atomic mass is 19.1. The van der Waals surface area contributed by atoms with E-state index in [0.717, 1.165) is 19.3 Å². The quantitative estimate of drug-likeness (QED) is 0.712. The van der Waals surface area contributed by atoms with E-state index in [2.05, 4.69) is 20.3 Å². The first-order chi connectivity index (χ1) is 12.7. The van der Waals surface area contributed by atoms with Crippen LogP contribution in [-0.2, 0) is 11.3 Å². The zero-order valence-corrected chi connectivity index (χ0v) is 14.0. The Morgan fingerprint density at radius 1 is 1.27 bits per heavy atom. The lowest BCUT2D eigenvalue weighted by molar-refractivity contribution is -0.136. The molecule has 8 nitrogen and oxygen atoms in total. The third-order valence-corrected chi connectivity index (χ3v) is 4.42. The lowest BCUT2D eigenvalue weighted by Gasteiger charge is -2.33. The molecule has 9 heteroatoms. The third-order valence-electron chi connectivity index (χ3n) is 4.42. The highest BCUT2D eigenvalue weighted by Gasteiger charge is 2.32. The molecular weight excluding hydrogens is 339 g/mol. The second-order valence-corrected chi connectivity index (χ2v) is 6.12.